The van der Waals surface area contributed by atoms with Crippen LogP contribution in [0.15, 0.2) is 42.5 Å². The molecule has 6 heteroatoms. The Labute approximate surface area is 132 Å². The molecule has 1 aliphatic heterocycles. The van der Waals surface area contributed by atoms with E-state index < -0.39 is 0 Å². The number of nitrogens with one attached hydrogen (secondary N) is 1. The van der Waals surface area contributed by atoms with Gasteiger partial charge < -0.3 is 20.7 Å². The molecule has 0 spiro atoms. The quantitative estimate of drug-likeness (QED) is 0.673. The van der Waals surface area contributed by atoms with Gasteiger partial charge in [0.15, 0.2) is 0 Å². The van der Waals surface area contributed by atoms with E-state index in [0.29, 0.717) is 17.8 Å². The number of amides is 1. The number of aromatic amines is 1. The van der Waals surface area contributed by atoms with Crippen molar-refractivity contribution in [3.63, 3.8) is 0 Å². The third-order valence-electron chi connectivity index (χ3n) is 4.24. The maximum atomic E-state index is 12.4. The van der Waals surface area contributed by atoms with E-state index in [1.807, 2.05) is 30.3 Å². The van der Waals surface area contributed by atoms with Gasteiger partial charge in [0.1, 0.15) is 17.1 Å². The van der Waals surface area contributed by atoms with Gasteiger partial charge in [-0.3, -0.25) is 4.79 Å². The highest BCUT2D eigenvalue weighted by atomic mass is 16.3. The number of hydrogen-bond acceptors (Lipinski definition) is 4. The Bertz CT molecular complexity index is 902. The summed E-state index contributed by atoms with van der Waals surface area (Å²) in [5.41, 5.74) is 8.81. The average Bonchev–Trinajstić information content (AvgIpc) is 3.16. The number of anilines is 1. The van der Waals surface area contributed by atoms with Gasteiger partial charge in [-0.05, 0) is 23.8 Å². The van der Waals surface area contributed by atoms with Gasteiger partial charge in [0.05, 0.1) is 18.1 Å². The van der Waals surface area contributed by atoms with E-state index in [4.69, 9.17) is 5.73 Å². The van der Waals surface area contributed by atoms with Crippen molar-refractivity contribution in [3.8, 4) is 5.75 Å². The van der Waals surface area contributed by atoms with Crippen LogP contribution in [0, 0.1) is 0 Å². The van der Waals surface area contributed by atoms with E-state index in [1.165, 1.54) is 0 Å². The zero-order valence-corrected chi connectivity index (χ0v) is 12.4. The van der Waals surface area contributed by atoms with Crippen LogP contribution >= 0.6 is 0 Å². The lowest BCUT2D eigenvalue weighted by molar-refractivity contribution is -0.117. The minimum Gasteiger partial charge on any atom is -0.506 e. The molecule has 4 rings (SSSR count). The number of nitrogens with two attached hydrogens (primary N) is 1. The molecule has 1 aromatic heterocycles. The van der Waals surface area contributed by atoms with Crippen LogP contribution in [0.5, 0.6) is 5.75 Å². The number of hydrogen-bond donors (Lipinski definition) is 3. The number of phenols is 1. The molecule has 116 valence electrons. The Balaban J connectivity index is 1.83. The normalized spacial score (nSPS) is 16.7. The third-order valence-corrected chi connectivity index (χ3v) is 4.24. The molecule has 0 saturated heterocycles. The predicted molar refractivity (Wildman–Crippen MR) is 87.2 cm³/mol. The van der Waals surface area contributed by atoms with Crippen molar-refractivity contribution in [1.29, 1.82) is 0 Å². The smallest absolute Gasteiger partial charge is 0.241 e. The summed E-state index contributed by atoms with van der Waals surface area (Å²) < 4.78 is 0. The standard InChI is InChI=1S/C17H16N4O2/c18-9-15(23)21-12-6-2-1-4-10(12)8-13(21)17-19-11-5-3-7-14(22)16(11)20-17/h1-7,13,22H,8-9,18H2,(H,19,20). The number of benzene rings is 2. The van der Waals surface area contributed by atoms with Gasteiger partial charge in [-0.25, -0.2) is 4.98 Å². The number of para-hydroxylation sites is 2. The van der Waals surface area contributed by atoms with E-state index in [9.17, 15) is 9.90 Å². The van der Waals surface area contributed by atoms with Crippen LogP contribution in [0.4, 0.5) is 5.69 Å². The summed E-state index contributed by atoms with van der Waals surface area (Å²) in [6, 6.07) is 12.7. The molecule has 0 saturated carbocycles. The lowest BCUT2D eigenvalue weighted by Crippen LogP contribution is -2.37. The zero-order valence-electron chi connectivity index (χ0n) is 12.4. The number of carbonyl (C=O) groups excluding carboxylic acids is 1. The summed E-state index contributed by atoms with van der Waals surface area (Å²) in [6.45, 7) is -0.0592. The second kappa shape index (κ2) is 5.10. The van der Waals surface area contributed by atoms with Crippen molar-refractivity contribution < 1.29 is 9.90 Å². The number of rotatable bonds is 2. The van der Waals surface area contributed by atoms with Crippen LogP contribution in [0.1, 0.15) is 17.4 Å². The molecule has 1 amide bonds. The second-order valence-electron chi connectivity index (χ2n) is 5.61. The first kappa shape index (κ1) is 13.8. The molecule has 1 atom stereocenters. The Morgan fingerprint density at radius 3 is 2.91 bits per heavy atom. The molecule has 4 N–H and O–H groups in total. The minimum atomic E-state index is -0.241. The van der Waals surface area contributed by atoms with Gasteiger partial charge in [-0.15, -0.1) is 0 Å². The molecule has 0 fully saturated rings. The summed E-state index contributed by atoms with van der Waals surface area (Å²) in [7, 11) is 0. The molecule has 0 radical (unpaired) electrons. The topological polar surface area (TPSA) is 95.2 Å². The minimum absolute atomic E-state index is 0.0592. The van der Waals surface area contributed by atoms with Crippen molar-refractivity contribution in [2.24, 2.45) is 5.73 Å². The number of fused-ring (bicyclic) bond motifs is 2. The van der Waals surface area contributed by atoms with Crippen LogP contribution in [0.25, 0.3) is 11.0 Å². The lowest BCUT2D eigenvalue weighted by atomic mass is 10.1. The third kappa shape index (κ3) is 2.07. The fraction of sp³-hybridized carbons (Fsp3) is 0.176. The summed E-state index contributed by atoms with van der Waals surface area (Å²) in [4.78, 5) is 21.8. The Kier molecular flexibility index (Phi) is 3.06. The molecule has 2 aromatic carbocycles. The van der Waals surface area contributed by atoms with Crippen molar-refractivity contribution in [2.75, 3.05) is 11.4 Å². The summed E-state index contributed by atoms with van der Waals surface area (Å²) in [6.07, 6.45) is 0.669. The number of carbonyl (C=O) groups is 1. The van der Waals surface area contributed by atoms with Crippen molar-refractivity contribution in [2.45, 2.75) is 12.5 Å². The molecule has 1 aliphatic rings. The maximum Gasteiger partial charge on any atom is 0.241 e. The summed E-state index contributed by atoms with van der Waals surface area (Å²) in [5.74, 6) is 0.626. The summed E-state index contributed by atoms with van der Waals surface area (Å²) in [5, 5.41) is 9.94. The average molecular weight is 308 g/mol. The van der Waals surface area contributed by atoms with Gasteiger partial charge >= 0.3 is 0 Å². The Morgan fingerprint density at radius 1 is 1.30 bits per heavy atom. The number of nitrogens with zero attached hydrogens (tertiary/aromatic N) is 2. The van der Waals surface area contributed by atoms with Crippen LogP contribution < -0.4 is 10.6 Å². The SMILES string of the molecule is NCC(=O)N1c2ccccc2CC1c1nc2c(O)cccc2[nH]1. The lowest BCUT2D eigenvalue weighted by Gasteiger charge is -2.23. The fourth-order valence-electron chi connectivity index (χ4n) is 3.21. The number of aromatic nitrogens is 2. The molecule has 0 aliphatic carbocycles. The zero-order chi connectivity index (χ0) is 16.0. The molecule has 0 bridgehead atoms. The van der Waals surface area contributed by atoms with Gasteiger partial charge in [0.2, 0.25) is 5.91 Å². The van der Waals surface area contributed by atoms with Gasteiger partial charge in [0.25, 0.3) is 0 Å². The number of imidazole rings is 1. The largest absolute Gasteiger partial charge is 0.506 e. The van der Waals surface area contributed by atoms with E-state index in [0.717, 1.165) is 16.8 Å². The fourth-order valence-corrected chi connectivity index (χ4v) is 3.21. The number of H-pyrrole nitrogens is 1. The van der Waals surface area contributed by atoms with Gasteiger partial charge in [0, 0.05) is 12.1 Å². The first-order valence-electron chi connectivity index (χ1n) is 7.46. The van der Waals surface area contributed by atoms with E-state index >= 15 is 0 Å². The maximum absolute atomic E-state index is 12.4. The Morgan fingerprint density at radius 2 is 2.13 bits per heavy atom. The van der Waals surface area contributed by atoms with Crippen molar-refractivity contribution >= 4 is 22.6 Å². The molecule has 6 nitrogen and oxygen atoms in total. The van der Waals surface area contributed by atoms with Crippen LogP contribution in [0.3, 0.4) is 0 Å². The number of phenolic OH excluding ortho intramolecular Hbond substituents is 1. The summed E-state index contributed by atoms with van der Waals surface area (Å²) >= 11 is 0. The van der Waals surface area contributed by atoms with Crippen LogP contribution in [-0.2, 0) is 11.2 Å². The number of aromatic hydroxyl groups is 1. The van der Waals surface area contributed by atoms with Gasteiger partial charge in [-0.2, -0.15) is 0 Å². The predicted octanol–water partition coefficient (Wildman–Crippen LogP) is 1.86. The van der Waals surface area contributed by atoms with Gasteiger partial charge in [-0.1, -0.05) is 24.3 Å². The van der Waals surface area contributed by atoms with E-state index in [-0.39, 0.29) is 24.2 Å². The van der Waals surface area contributed by atoms with Crippen LogP contribution in [-0.4, -0.2) is 27.5 Å². The molecule has 23 heavy (non-hydrogen) atoms. The van der Waals surface area contributed by atoms with Crippen molar-refractivity contribution in [3.05, 3.63) is 53.9 Å². The first-order valence-corrected chi connectivity index (χ1v) is 7.46. The second-order valence-corrected chi connectivity index (χ2v) is 5.61. The highest BCUT2D eigenvalue weighted by Crippen LogP contribution is 2.40. The molecule has 3 aromatic rings. The first-order chi connectivity index (χ1) is 11.2. The Hall–Kier alpha value is -2.86. The molecule has 1 unspecified atom stereocenters. The highest BCUT2D eigenvalue weighted by molar-refractivity contribution is 5.97. The molecular formula is C17H16N4O2. The van der Waals surface area contributed by atoms with Crippen LogP contribution in [0.2, 0.25) is 0 Å². The molecular weight excluding hydrogens is 292 g/mol. The highest BCUT2D eigenvalue weighted by Gasteiger charge is 2.35. The monoisotopic (exact) mass is 308 g/mol. The van der Waals surface area contributed by atoms with Crippen molar-refractivity contribution in [1.82, 2.24) is 9.97 Å². The van der Waals surface area contributed by atoms with E-state index in [2.05, 4.69) is 9.97 Å². The van der Waals surface area contributed by atoms with E-state index in [1.54, 1.807) is 17.0 Å². The molecule has 2 heterocycles.